The molecule has 1 fully saturated rings. The van der Waals surface area contributed by atoms with Crippen LogP contribution in [-0.4, -0.2) is 60.4 Å². The molecule has 2 aromatic carbocycles. The second-order valence-electron chi connectivity index (χ2n) is 8.21. The van der Waals surface area contributed by atoms with Crippen LogP contribution in [0.4, 0.5) is 10.5 Å². The van der Waals surface area contributed by atoms with Crippen molar-refractivity contribution in [2.24, 2.45) is 0 Å². The third kappa shape index (κ3) is 6.11. The van der Waals surface area contributed by atoms with Crippen LogP contribution in [0.25, 0.3) is 10.9 Å². The number of amides is 2. The molecular weight excluding hydrogens is 470 g/mol. The van der Waals surface area contributed by atoms with Crippen molar-refractivity contribution >= 4 is 34.2 Å². The molecule has 35 heavy (non-hydrogen) atoms. The molecule has 3 aromatic rings. The summed E-state index contributed by atoms with van der Waals surface area (Å²) < 4.78 is 11.8. The summed E-state index contributed by atoms with van der Waals surface area (Å²) in [5, 5.41) is 26.1. The van der Waals surface area contributed by atoms with Gasteiger partial charge in [-0.3, -0.25) is 4.98 Å². The molecule has 9 nitrogen and oxygen atoms in total. The van der Waals surface area contributed by atoms with E-state index in [0.717, 1.165) is 25.9 Å². The van der Waals surface area contributed by atoms with E-state index in [1.165, 1.54) is 7.05 Å². The number of aromatic nitrogens is 1. The van der Waals surface area contributed by atoms with Crippen LogP contribution in [0.5, 0.6) is 17.2 Å². The zero-order valence-electron chi connectivity index (χ0n) is 19.3. The van der Waals surface area contributed by atoms with Crippen LogP contribution in [0, 0.1) is 11.3 Å². The van der Waals surface area contributed by atoms with E-state index in [0.29, 0.717) is 51.0 Å². The topological polar surface area (TPSA) is 120 Å². The number of aliphatic hydroxyl groups is 1. The largest absolute Gasteiger partial charge is 0.489 e. The van der Waals surface area contributed by atoms with E-state index in [4.69, 9.17) is 21.1 Å². The van der Waals surface area contributed by atoms with Crippen molar-refractivity contribution in [3.05, 3.63) is 53.2 Å². The zero-order chi connectivity index (χ0) is 24.8. The summed E-state index contributed by atoms with van der Waals surface area (Å²) in [4.78, 5) is 18.1. The van der Waals surface area contributed by atoms with Gasteiger partial charge in [0.05, 0.1) is 21.8 Å². The first kappa shape index (κ1) is 24.5. The van der Waals surface area contributed by atoms with Gasteiger partial charge in [-0.2, -0.15) is 5.26 Å². The molecule has 1 unspecified atom stereocenters. The Labute approximate surface area is 208 Å². The van der Waals surface area contributed by atoms with Gasteiger partial charge in [0.15, 0.2) is 0 Å². The molecular formula is C25H26ClN5O4. The van der Waals surface area contributed by atoms with Crippen LogP contribution in [0.3, 0.4) is 0 Å². The van der Waals surface area contributed by atoms with Gasteiger partial charge in [-0.15, -0.1) is 0 Å². The maximum absolute atomic E-state index is 11.5. The van der Waals surface area contributed by atoms with Gasteiger partial charge >= 0.3 is 6.03 Å². The maximum Gasteiger partial charge on any atom is 0.319 e. The molecule has 1 aliphatic rings. The van der Waals surface area contributed by atoms with Gasteiger partial charge in [0, 0.05) is 37.3 Å². The molecule has 4 rings (SSSR count). The van der Waals surface area contributed by atoms with Gasteiger partial charge in [0.1, 0.15) is 36.0 Å². The van der Waals surface area contributed by atoms with Crippen molar-refractivity contribution in [2.45, 2.75) is 18.9 Å². The molecule has 1 atom stereocenters. The normalized spacial score (nSPS) is 14.3. The van der Waals surface area contributed by atoms with Gasteiger partial charge in [-0.25, -0.2) is 4.79 Å². The lowest BCUT2D eigenvalue weighted by molar-refractivity contribution is 0.0758. The number of aliphatic hydroxyl groups excluding tert-OH is 1. The quantitative estimate of drug-likeness (QED) is 0.429. The number of rotatable bonds is 8. The Bertz CT molecular complexity index is 1260. The summed E-state index contributed by atoms with van der Waals surface area (Å²) in [6.07, 6.45) is 3.24. The highest BCUT2D eigenvalue weighted by Crippen LogP contribution is 2.35. The van der Waals surface area contributed by atoms with E-state index >= 15 is 0 Å². The number of halogens is 1. The smallest absolute Gasteiger partial charge is 0.319 e. The predicted molar refractivity (Wildman–Crippen MR) is 133 cm³/mol. The fourth-order valence-electron chi connectivity index (χ4n) is 3.92. The van der Waals surface area contributed by atoms with Crippen molar-refractivity contribution in [1.82, 2.24) is 15.2 Å². The Morgan fingerprint density at radius 3 is 2.77 bits per heavy atom. The SMILES string of the molecule is CNC(=O)Nc1ccc(Oc2ccnc3cc(OCC(O)CN4CCCC4)c(C#N)cc23)cc1Cl. The molecule has 182 valence electrons. The third-order valence-electron chi connectivity index (χ3n) is 5.67. The van der Waals surface area contributed by atoms with Gasteiger partial charge < -0.3 is 30.1 Å². The average Bonchev–Trinajstić information content (AvgIpc) is 3.37. The lowest BCUT2D eigenvalue weighted by atomic mass is 10.1. The first-order valence-corrected chi connectivity index (χ1v) is 11.7. The lowest BCUT2D eigenvalue weighted by Crippen LogP contribution is -2.33. The Hall–Kier alpha value is -3.58. The van der Waals surface area contributed by atoms with Crippen LogP contribution in [-0.2, 0) is 0 Å². The molecule has 0 saturated carbocycles. The number of benzene rings is 2. The minimum absolute atomic E-state index is 0.0851. The fourth-order valence-corrected chi connectivity index (χ4v) is 4.14. The zero-order valence-corrected chi connectivity index (χ0v) is 20.0. The Kier molecular flexibility index (Phi) is 7.87. The Balaban J connectivity index is 1.51. The fraction of sp³-hybridized carbons (Fsp3) is 0.320. The second-order valence-corrected chi connectivity index (χ2v) is 8.61. The monoisotopic (exact) mass is 495 g/mol. The Morgan fingerprint density at radius 1 is 1.26 bits per heavy atom. The Morgan fingerprint density at radius 2 is 2.06 bits per heavy atom. The second kappa shape index (κ2) is 11.2. The van der Waals surface area contributed by atoms with Crippen molar-refractivity contribution in [3.8, 4) is 23.3 Å². The van der Waals surface area contributed by atoms with Crippen molar-refractivity contribution in [2.75, 3.05) is 38.6 Å². The number of nitrogens with zero attached hydrogens (tertiary/aromatic N) is 3. The van der Waals surface area contributed by atoms with Gasteiger partial charge in [-0.1, -0.05) is 11.6 Å². The number of nitrogens with one attached hydrogen (secondary N) is 2. The number of β-amino-alcohol motifs (C(OH)–C–C–N with tert-alkyl or cyclic N) is 1. The molecule has 3 N–H and O–H groups in total. The summed E-state index contributed by atoms with van der Waals surface area (Å²) in [6, 6.07) is 11.7. The number of anilines is 1. The molecule has 1 aromatic heterocycles. The van der Waals surface area contributed by atoms with E-state index in [1.807, 2.05) is 0 Å². The molecule has 1 aliphatic heterocycles. The minimum Gasteiger partial charge on any atom is -0.489 e. The highest BCUT2D eigenvalue weighted by Gasteiger charge is 2.18. The molecule has 0 spiro atoms. The molecule has 0 radical (unpaired) electrons. The van der Waals surface area contributed by atoms with Crippen molar-refractivity contribution in [3.63, 3.8) is 0 Å². The number of urea groups is 1. The summed E-state index contributed by atoms with van der Waals surface area (Å²) in [5.41, 5.74) is 1.33. The van der Waals surface area contributed by atoms with E-state index in [2.05, 4.69) is 26.6 Å². The number of fused-ring (bicyclic) bond motifs is 1. The highest BCUT2D eigenvalue weighted by atomic mass is 35.5. The summed E-state index contributed by atoms with van der Waals surface area (Å²) in [7, 11) is 1.51. The number of hydrogen-bond donors (Lipinski definition) is 3. The van der Waals surface area contributed by atoms with Gasteiger partial charge in [0.2, 0.25) is 0 Å². The van der Waals surface area contributed by atoms with E-state index in [-0.39, 0.29) is 12.6 Å². The van der Waals surface area contributed by atoms with Crippen molar-refractivity contribution in [1.29, 1.82) is 5.26 Å². The number of likely N-dealkylation sites (tertiary alicyclic amines) is 1. The van der Waals surface area contributed by atoms with Crippen LogP contribution in [0.1, 0.15) is 18.4 Å². The molecule has 0 bridgehead atoms. The first-order chi connectivity index (χ1) is 17.0. The molecule has 2 heterocycles. The predicted octanol–water partition coefficient (Wildman–Crippen LogP) is 4.14. The lowest BCUT2D eigenvalue weighted by Gasteiger charge is -2.20. The average molecular weight is 496 g/mol. The molecule has 1 saturated heterocycles. The van der Waals surface area contributed by atoms with Crippen LogP contribution in [0.2, 0.25) is 5.02 Å². The van der Waals surface area contributed by atoms with Gasteiger partial charge in [-0.05, 0) is 50.2 Å². The number of nitriles is 1. The number of carbonyl (C=O) groups excluding carboxylic acids is 1. The summed E-state index contributed by atoms with van der Waals surface area (Å²) in [5.74, 6) is 1.29. The standard InChI is InChI=1S/C25H26ClN5O4/c1-28-25(33)30-21-5-4-18(11-20(21)26)35-23-6-7-29-22-12-24(16(13-27)10-19(22)23)34-15-17(32)14-31-8-2-3-9-31/h4-7,10-12,17,32H,2-3,8-9,14-15H2,1H3,(H2,28,30,33). The number of ether oxygens (including phenoxy) is 2. The van der Waals surface area contributed by atoms with Crippen LogP contribution in [0.15, 0.2) is 42.6 Å². The summed E-state index contributed by atoms with van der Waals surface area (Å²) >= 11 is 6.28. The number of pyridine rings is 1. The molecule has 0 aliphatic carbocycles. The van der Waals surface area contributed by atoms with E-state index < -0.39 is 6.10 Å². The van der Waals surface area contributed by atoms with Crippen LogP contribution >= 0.6 is 11.6 Å². The molecule has 2 amide bonds. The van der Waals surface area contributed by atoms with E-state index in [9.17, 15) is 15.2 Å². The van der Waals surface area contributed by atoms with E-state index in [1.54, 1.807) is 42.6 Å². The highest BCUT2D eigenvalue weighted by molar-refractivity contribution is 6.33. The van der Waals surface area contributed by atoms with Crippen molar-refractivity contribution < 1.29 is 19.4 Å². The van der Waals surface area contributed by atoms with Crippen LogP contribution < -0.4 is 20.1 Å². The maximum atomic E-state index is 11.5. The first-order valence-electron chi connectivity index (χ1n) is 11.3. The number of hydrogen-bond acceptors (Lipinski definition) is 7. The molecule has 10 heteroatoms. The summed E-state index contributed by atoms with van der Waals surface area (Å²) in [6.45, 7) is 2.61. The van der Waals surface area contributed by atoms with Gasteiger partial charge in [0.25, 0.3) is 0 Å². The third-order valence-corrected chi connectivity index (χ3v) is 5.98. The minimum atomic E-state index is -0.649. The number of carbonyl (C=O) groups is 1.